The number of amides is 2. The van der Waals surface area contributed by atoms with E-state index in [9.17, 15) is 9.59 Å². The molecule has 5 rings (SSSR count). The second-order valence-corrected chi connectivity index (χ2v) is 6.91. The Morgan fingerprint density at radius 2 is 2.04 bits per heavy atom. The summed E-state index contributed by atoms with van der Waals surface area (Å²) in [5, 5.41) is 3.83. The summed E-state index contributed by atoms with van der Waals surface area (Å²) in [6, 6.07) is 11.7. The first-order chi connectivity index (χ1) is 12.1. The summed E-state index contributed by atoms with van der Waals surface area (Å²) in [4.78, 5) is 29.3. The van der Waals surface area contributed by atoms with E-state index in [0.717, 1.165) is 18.4 Å². The van der Waals surface area contributed by atoms with Crippen LogP contribution in [-0.2, 0) is 11.3 Å². The van der Waals surface area contributed by atoms with Gasteiger partial charge in [-0.15, -0.1) is 0 Å². The molecule has 0 spiro atoms. The summed E-state index contributed by atoms with van der Waals surface area (Å²) < 4.78 is 5.02. The molecule has 0 saturated carbocycles. The molecule has 0 N–H and O–H groups in total. The smallest absolute Gasteiger partial charge is 0.276 e. The van der Waals surface area contributed by atoms with Crippen molar-refractivity contribution in [2.24, 2.45) is 5.92 Å². The molecular weight excluding hydrogens is 318 g/mol. The molecule has 6 nitrogen and oxygen atoms in total. The molecule has 3 saturated heterocycles. The first-order valence-corrected chi connectivity index (χ1v) is 8.69. The molecule has 3 aliphatic rings. The van der Waals surface area contributed by atoms with Crippen LogP contribution in [0.4, 0.5) is 0 Å². The number of benzene rings is 1. The lowest BCUT2D eigenvalue weighted by atomic mass is 9.93. The zero-order valence-electron chi connectivity index (χ0n) is 14.2. The molecule has 1 aromatic carbocycles. The third kappa shape index (κ3) is 3.04. The molecule has 0 unspecified atom stereocenters. The van der Waals surface area contributed by atoms with Crippen LogP contribution in [0.15, 0.2) is 40.9 Å². The second-order valence-electron chi connectivity index (χ2n) is 6.91. The van der Waals surface area contributed by atoms with Crippen molar-refractivity contribution in [2.75, 3.05) is 13.1 Å². The fraction of sp³-hybridized carbons (Fsp3) is 0.421. The number of nitrogens with zero attached hydrogens (tertiary/aromatic N) is 3. The summed E-state index contributed by atoms with van der Waals surface area (Å²) in [6.45, 7) is 3.39. The molecule has 0 radical (unpaired) electrons. The molecule has 2 aromatic rings. The van der Waals surface area contributed by atoms with Gasteiger partial charge in [0.25, 0.3) is 5.91 Å². The van der Waals surface area contributed by atoms with Crippen LogP contribution in [0.5, 0.6) is 0 Å². The maximum atomic E-state index is 12.9. The highest BCUT2D eigenvalue weighted by atomic mass is 16.5. The van der Waals surface area contributed by atoms with Crippen molar-refractivity contribution >= 4 is 11.8 Å². The van der Waals surface area contributed by atoms with Gasteiger partial charge < -0.3 is 14.3 Å². The van der Waals surface area contributed by atoms with Gasteiger partial charge in [0.15, 0.2) is 5.69 Å². The van der Waals surface area contributed by atoms with E-state index in [-0.39, 0.29) is 23.8 Å². The maximum Gasteiger partial charge on any atom is 0.276 e. The standard InChI is InChI=1S/C19H21N3O3/c1-13-9-17(20-25-13)19(24)21-11-15-7-8-16(12-21)22(18(15)23)10-14-5-3-2-4-6-14/h2-6,9,15-16H,7-8,10-12H2,1H3/t15-,16+/m1/s1. The average molecular weight is 339 g/mol. The Kier molecular flexibility index (Phi) is 4.03. The van der Waals surface area contributed by atoms with Crippen LogP contribution >= 0.6 is 0 Å². The van der Waals surface area contributed by atoms with Crippen LogP contribution in [-0.4, -0.2) is 45.9 Å². The van der Waals surface area contributed by atoms with Crippen molar-refractivity contribution in [1.82, 2.24) is 15.0 Å². The van der Waals surface area contributed by atoms with Crippen molar-refractivity contribution in [3.8, 4) is 0 Å². The van der Waals surface area contributed by atoms with Gasteiger partial charge in [-0.1, -0.05) is 35.5 Å². The third-order valence-corrected chi connectivity index (χ3v) is 5.12. The Balaban J connectivity index is 1.55. The molecule has 2 atom stereocenters. The summed E-state index contributed by atoms with van der Waals surface area (Å²) in [5.74, 6) is 0.497. The highest BCUT2D eigenvalue weighted by molar-refractivity contribution is 5.93. The zero-order chi connectivity index (χ0) is 17.4. The molecule has 6 heteroatoms. The lowest BCUT2D eigenvalue weighted by molar-refractivity contribution is -0.140. The van der Waals surface area contributed by atoms with Crippen LogP contribution in [0, 0.1) is 12.8 Å². The number of carbonyl (C=O) groups is 2. The first-order valence-electron chi connectivity index (χ1n) is 8.69. The van der Waals surface area contributed by atoms with Gasteiger partial charge in [0.1, 0.15) is 5.76 Å². The maximum absolute atomic E-state index is 12.9. The molecule has 2 amide bonds. The average Bonchev–Trinajstić information content (AvgIpc) is 2.88. The van der Waals surface area contributed by atoms with E-state index < -0.39 is 0 Å². The number of rotatable bonds is 3. The summed E-state index contributed by atoms with van der Waals surface area (Å²) >= 11 is 0. The van der Waals surface area contributed by atoms with E-state index in [1.807, 2.05) is 35.2 Å². The van der Waals surface area contributed by atoms with E-state index in [2.05, 4.69) is 5.16 Å². The Morgan fingerprint density at radius 3 is 2.76 bits per heavy atom. The minimum atomic E-state index is -0.150. The van der Waals surface area contributed by atoms with E-state index in [1.54, 1.807) is 17.9 Å². The SMILES string of the molecule is Cc1cc(C(=O)N2C[C@H]3CC[C@@H](C2)N(Cc2ccccc2)C3=O)no1. The lowest BCUT2D eigenvalue weighted by Crippen LogP contribution is -2.47. The minimum Gasteiger partial charge on any atom is -0.361 e. The number of hydrogen-bond donors (Lipinski definition) is 0. The predicted octanol–water partition coefficient (Wildman–Crippen LogP) is 2.25. The van der Waals surface area contributed by atoms with Crippen molar-refractivity contribution in [2.45, 2.75) is 32.4 Å². The van der Waals surface area contributed by atoms with Gasteiger partial charge in [0, 0.05) is 31.7 Å². The molecular formula is C19H21N3O3. The number of aromatic nitrogens is 1. The molecule has 0 aliphatic carbocycles. The van der Waals surface area contributed by atoms with Gasteiger partial charge in [-0.25, -0.2) is 0 Å². The van der Waals surface area contributed by atoms with Crippen molar-refractivity contribution < 1.29 is 14.1 Å². The Morgan fingerprint density at radius 1 is 1.24 bits per heavy atom. The highest BCUT2D eigenvalue weighted by Gasteiger charge is 2.42. The van der Waals surface area contributed by atoms with Gasteiger partial charge in [-0.05, 0) is 25.3 Å². The van der Waals surface area contributed by atoms with Crippen LogP contribution < -0.4 is 0 Å². The number of piperidine rings is 1. The van der Waals surface area contributed by atoms with E-state index >= 15 is 0 Å². The normalized spacial score (nSPS) is 23.0. The summed E-state index contributed by atoms with van der Waals surface area (Å²) in [5.41, 5.74) is 1.44. The second kappa shape index (κ2) is 6.35. The fourth-order valence-corrected chi connectivity index (χ4v) is 3.82. The molecule has 3 aliphatic heterocycles. The van der Waals surface area contributed by atoms with Gasteiger partial charge in [0.05, 0.1) is 5.92 Å². The minimum absolute atomic E-state index is 0.0587. The Bertz CT molecular complexity index is 786. The molecule has 1 aromatic heterocycles. The van der Waals surface area contributed by atoms with E-state index in [0.29, 0.717) is 31.1 Å². The predicted molar refractivity (Wildman–Crippen MR) is 90.6 cm³/mol. The van der Waals surface area contributed by atoms with Crippen molar-refractivity contribution in [1.29, 1.82) is 0 Å². The summed E-state index contributed by atoms with van der Waals surface area (Å²) in [7, 11) is 0. The third-order valence-electron chi connectivity index (χ3n) is 5.12. The van der Waals surface area contributed by atoms with Crippen molar-refractivity contribution in [3.63, 3.8) is 0 Å². The molecule has 25 heavy (non-hydrogen) atoms. The van der Waals surface area contributed by atoms with Crippen LogP contribution in [0.25, 0.3) is 0 Å². The Labute approximate surface area is 146 Å². The van der Waals surface area contributed by atoms with Crippen LogP contribution in [0.2, 0.25) is 0 Å². The Hall–Kier alpha value is -2.63. The number of aryl methyl sites for hydroxylation is 1. The van der Waals surface area contributed by atoms with Gasteiger partial charge in [0.2, 0.25) is 5.91 Å². The largest absolute Gasteiger partial charge is 0.361 e. The fourth-order valence-electron chi connectivity index (χ4n) is 3.82. The number of carbonyl (C=O) groups excluding carboxylic acids is 2. The van der Waals surface area contributed by atoms with Gasteiger partial charge >= 0.3 is 0 Å². The van der Waals surface area contributed by atoms with Gasteiger partial charge in [-0.3, -0.25) is 9.59 Å². The van der Waals surface area contributed by atoms with Crippen molar-refractivity contribution in [3.05, 3.63) is 53.4 Å². The highest BCUT2D eigenvalue weighted by Crippen LogP contribution is 2.31. The quantitative estimate of drug-likeness (QED) is 0.860. The zero-order valence-corrected chi connectivity index (χ0v) is 14.2. The van der Waals surface area contributed by atoms with E-state index in [1.165, 1.54) is 0 Å². The molecule has 130 valence electrons. The number of hydrogen-bond acceptors (Lipinski definition) is 4. The monoisotopic (exact) mass is 339 g/mol. The molecule has 2 bridgehead atoms. The summed E-state index contributed by atoms with van der Waals surface area (Å²) in [6.07, 6.45) is 1.78. The van der Waals surface area contributed by atoms with E-state index in [4.69, 9.17) is 4.52 Å². The van der Waals surface area contributed by atoms with Gasteiger partial charge in [-0.2, -0.15) is 0 Å². The van der Waals surface area contributed by atoms with Crippen LogP contribution in [0.3, 0.4) is 0 Å². The first kappa shape index (κ1) is 15.9. The molecule has 3 fully saturated rings. The molecule has 4 heterocycles. The van der Waals surface area contributed by atoms with Crippen LogP contribution in [0.1, 0.15) is 34.7 Å². The topological polar surface area (TPSA) is 66.7 Å². The lowest BCUT2D eigenvalue weighted by Gasteiger charge is -2.36. The number of fused-ring (bicyclic) bond motifs is 4.